The molecule has 0 heterocycles. The van der Waals surface area contributed by atoms with Crippen LogP contribution < -0.4 is 4.74 Å². The van der Waals surface area contributed by atoms with Gasteiger partial charge in [-0.1, -0.05) is 66.3 Å². The largest absolute Gasteiger partial charge is 0.496 e. The molecule has 188 valence electrons. The van der Waals surface area contributed by atoms with Crippen molar-refractivity contribution in [2.45, 2.75) is 34.6 Å². The maximum Gasteiger partial charge on any atom is 0.349 e. The van der Waals surface area contributed by atoms with Crippen molar-refractivity contribution < 1.29 is 23.8 Å². The van der Waals surface area contributed by atoms with Crippen LogP contribution >= 0.6 is 0 Å². The molecule has 0 aliphatic heterocycles. The lowest BCUT2D eigenvalue weighted by Gasteiger charge is -2.13. The molecule has 2 aromatic carbocycles. The fraction of sp³-hybridized carbons (Fsp3) is 0.226. The van der Waals surface area contributed by atoms with Gasteiger partial charge in [-0.05, 0) is 80.2 Å². The second kappa shape index (κ2) is 14.3. The molecule has 2 rings (SSSR count). The highest BCUT2D eigenvalue weighted by atomic mass is 16.6. The summed E-state index contributed by atoms with van der Waals surface area (Å²) >= 11 is 0. The van der Waals surface area contributed by atoms with Gasteiger partial charge >= 0.3 is 11.9 Å². The molecule has 0 saturated heterocycles. The monoisotopic (exact) mass is 486 g/mol. The number of carbonyl (C=O) groups is 2. The number of ether oxygens (including phenoxy) is 3. The quantitative estimate of drug-likeness (QED) is 0.159. The summed E-state index contributed by atoms with van der Waals surface area (Å²) in [6.07, 6.45) is 14.0. The van der Waals surface area contributed by atoms with E-state index >= 15 is 0 Å². The molecular formula is C31H34O5. The molecule has 0 amide bonds. The number of hydrogen-bond acceptors (Lipinski definition) is 5. The summed E-state index contributed by atoms with van der Waals surface area (Å²) in [6.45, 7) is 9.55. The minimum absolute atomic E-state index is 0.459. The molecule has 0 aliphatic carbocycles. The van der Waals surface area contributed by atoms with Crippen LogP contribution in [0.15, 0.2) is 84.2 Å². The van der Waals surface area contributed by atoms with Crippen molar-refractivity contribution in [3.05, 3.63) is 112 Å². The van der Waals surface area contributed by atoms with Crippen LogP contribution in [-0.2, 0) is 19.1 Å². The van der Waals surface area contributed by atoms with Crippen molar-refractivity contribution in [3.8, 4) is 5.75 Å². The van der Waals surface area contributed by atoms with E-state index in [-0.39, 0.29) is 0 Å². The van der Waals surface area contributed by atoms with Crippen molar-refractivity contribution in [3.63, 3.8) is 0 Å². The molecule has 0 aromatic heterocycles. The van der Waals surface area contributed by atoms with Crippen molar-refractivity contribution in [1.82, 2.24) is 0 Å². The van der Waals surface area contributed by atoms with Gasteiger partial charge in [0, 0.05) is 6.08 Å². The first-order valence-electron chi connectivity index (χ1n) is 11.6. The molecule has 5 heteroatoms. The summed E-state index contributed by atoms with van der Waals surface area (Å²) in [6, 6.07) is 11.5. The Labute approximate surface area is 214 Å². The molecule has 2 aromatic rings. The first kappa shape index (κ1) is 28.1. The molecule has 0 spiro atoms. The maximum absolute atomic E-state index is 12.0. The van der Waals surface area contributed by atoms with Gasteiger partial charge in [0.2, 0.25) is 0 Å². The van der Waals surface area contributed by atoms with E-state index in [4.69, 9.17) is 14.2 Å². The van der Waals surface area contributed by atoms with Gasteiger partial charge < -0.3 is 14.2 Å². The van der Waals surface area contributed by atoms with E-state index < -0.39 is 18.5 Å². The number of allylic oxidation sites excluding steroid dienone is 6. The van der Waals surface area contributed by atoms with E-state index in [1.54, 1.807) is 26.2 Å². The van der Waals surface area contributed by atoms with Crippen LogP contribution in [0.2, 0.25) is 0 Å². The van der Waals surface area contributed by atoms with Crippen LogP contribution in [0.25, 0.3) is 12.2 Å². The number of esters is 2. The predicted molar refractivity (Wildman–Crippen MR) is 145 cm³/mol. The summed E-state index contributed by atoms with van der Waals surface area (Å²) in [5.74, 6) is -0.363. The van der Waals surface area contributed by atoms with Crippen LogP contribution in [0, 0.1) is 20.8 Å². The van der Waals surface area contributed by atoms with Gasteiger partial charge in [-0.15, -0.1) is 0 Å². The summed E-state index contributed by atoms with van der Waals surface area (Å²) < 4.78 is 15.3. The molecular weight excluding hydrogens is 452 g/mol. The lowest BCUT2D eigenvalue weighted by molar-refractivity contribution is -0.152. The van der Waals surface area contributed by atoms with Gasteiger partial charge in [0.1, 0.15) is 5.75 Å². The Bertz CT molecular complexity index is 1210. The van der Waals surface area contributed by atoms with Crippen LogP contribution in [0.1, 0.15) is 41.7 Å². The van der Waals surface area contributed by atoms with Crippen molar-refractivity contribution in [2.75, 3.05) is 13.7 Å². The van der Waals surface area contributed by atoms with E-state index in [0.717, 1.165) is 28.0 Å². The molecule has 0 atom stereocenters. The normalized spacial score (nSPS) is 12.5. The molecule has 0 N–H and O–H groups in total. The van der Waals surface area contributed by atoms with Crippen LogP contribution in [0.3, 0.4) is 0 Å². The Morgan fingerprint density at radius 1 is 0.917 bits per heavy atom. The van der Waals surface area contributed by atoms with Gasteiger partial charge in [0.05, 0.1) is 13.4 Å². The lowest BCUT2D eigenvalue weighted by atomic mass is 9.96. The third kappa shape index (κ3) is 9.26. The standard InChI is InChI=1S/C31H34O5/c1-22(15-16-28-24(3)20-29(34-6)26(5)25(28)4)11-10-12-23(2)19-30(32)36-21-31(33)35-18-17-27-13-8-7-9-14-27/h7-20H,21H2,1-6H3/b12-10+,16-15+,18-17+,22-11+,23-19+. The van der Waals surface area contributed by atoms with Crippen molar-refractivity contribution in [2.24, 2.45) is 0 Å². The Morgan fingerprint density at radius 2 is 1.64 bits per heavy atom. The average Bonchev–Trinajstić information content (AvgIpc) is 2.85. The average molecular weight is 487 g/mol. The zero-order chi connectivity index (χ0) is 26.5. The smallest absolute Gasteiger partial charge is 0.349 e. The highest BCUT2D eigenvalue weighted by Crippen LogP contribution is 2.28. The number of rotatable bonds is 10. The molecule has 5 nitrogen and oxygen atoms in total. The highest BCUT2D eigenvalue weighted by molar-refractivity contribution is 5.85. The fourth-order valence-electron chi connectivity index (χ4n) is 3.35. The summed E-state index contributed by atoms with van der Waals surface area (Å²) in [7, 11) is 1.69. The Morgan fingerprint density at radius 3 is 2.33 bits per heavy atom. The number of methoxy groups -OCH3 is 1. The topological polar surface area (TPSA) is 61.8 Å². The number of hydrogen-bond donors (Lipinski definition) is 0. The molecule has 0 radical (unpaired) electrons. The second-order valence-electron chi connectivity index (χ2n) is 8.36. The third-order valence-electron chi connectivity index (χ3n) is 5.50. The fourth-order valence-corrected chi connectivity index (χ4v) is 3.35. The van der Waals surface area contributed by atoms with Crippen LogP contribution in [-0.4, -0.2) is 25.7 Å². The van der Waals surface area contributed by atoms with E-state index in [0.29, 0.717) is 5.57 Å². The van der Waals surface area contributed by atoms with E-state index in [9.17, 15) is 9.59 Å². The Balaban J connectivity index is 1.86. The van der Waals surface area contributed by atoms with Crippen molar-refractivity contribution >= 4 is 24.1 Å². The Kier molecular flexibility index (Phi) is 11.2. The summed E-state index contributed by atoms with van der Waals surface area (Å²) in [4.78, 5) is 23.7. The predicted octanol–water partition coefficient (Wildman–Crippen LogP) is 6.84. The van der Waals surface area contributed by atoms with E-state index in [1.165, 1.54) is 23.5 Å². The highest BCUT2D eigenvalue weighted by Gasteiger charge is 2.08. The first-order chi connectivity index (χ1) is 17.2. The van der Waals surface area contributed by atoms with Gasteiger partial charge in [-0.25, -0.2) is 9.59 Å². The second-order valence-corrected chi connectivity index (χ2v) is 8.36. The van der Waals surface area contributed by atoms with Gasteiger partial charge in [-0.3, -0.25) is 0 Å². The molecule has 0 bridgehead atoms. The van der Waals surface area contributed by atoms with E-state index in [1.807, 2.05) is 49.4 Å². The SMILES string of the molecule is COc1cc(C)c(/C=C/C(C)=C/C=C/C(C)=C/C(=O)OCC(=O)O/C=C/c2ccccc2)c(C)c1C. The van der Waals surface area contributed by atoms with Gasteiger partial charge in [0.25, 0.3) is 0 Å². The summed E-state index contributed by atoms with van der Waals surface area (Å²) in [5, 5.41) is 0. The first-order valence-corrected chi connectivity index (χ1v) is 11.6. The van der Waals surface area contributed by atoms with Gasteiger partial charge in [0.15, 0.2) is 6.61 Å². The van der Waals surface area contributed by atoms with E-state index in [2.05, 4.69) is 39.0 Å². The van der Waals surface area contributed by atoms with Gasteiger partial charge in [-0.2, -0.15) is 0 Å². The lowest BCUT2D eigenvalue weighted by Crippen LogP contribution is -2.13. The number of aryl methyl sites for hydroxylation is 1. The Hall–Kier alpha value is -4.12. The third-order valence-corrected chi connectivity index (χ3v) is 5.50. The molecule has 0 aliphatic rings. The minimum atomic E-state index is -0.653. The van der Waals surface area contributed by atoms with Crippen LogP contribution in [0.4, 0.5) is 0 Å². The number of benzene rings is 2. The van der Waals surface area contributed by atoms with Crippen LogP contribution in [0.5, 0.6) is 5.75 Å². The molecule has 0 fully saturated rings. The maximum atomic E-state index is 12.0. The zero-order valence-electron chi connectivity index (χ0n) is 21.8. The molecule has 0 saturated carbocycles. The zero-order valence-corrected chi connectivity index (χ0v) is 21.8. The molecule has 0 unspecified atom stereocenters. The minimum Gasteiger partial charge on any atom is -0.496 e. The molecule has 36 heavy (non-hydrogen) atoms. The van der Waals surface area contributed by atoms with Crippen molar-refractivity contribution in [1.29, 1.82) is 0 Å². The number of carbonyl (C=O) groups excluding carboxylic acids is 2. The summed E-state index contributed by atoms with van der Waals surface area (Å²) in [5.41, 5.74) is 7.31.